The summed E-state index contributed by atoms with van der Waals surface area (Å²) >= 11 is 0. The van der Waals surface area contributed by atoms with Gasteiger partial charge in [-0.05, 0) is 55.0 Å². The Labute approximate surface area is 231 Å². The molecule has 12 heteroatoms. The summed E-state index contributed by atoms with van der Waals surface area (Å²) < 4.78 is 77.9. The Morgan fingerprint density at radius 1 is 1.02 bits per heavy atom. The van der Waals surface area contributed by atoms with Crippen molar-refractivity contribution in [2.24, 2.45) is 5.41 Å². The van der Waals surface area contributed by atoms with Gasteiger partial charge in [-0.1, -0.05) is 45.0 Å². The largest absolute Gasteiger partial charge is 0.475 e. The highest BCUT2D eigenvalue weighted by molar-refractivity contribution is 7.92. The van der Waals surface area contributed by atoms with E-state index in [-0.39, 0.29) is 46.4 Å². The molecule has 1 amide bonds. The minimum Gasteiger partial charge on any atom is -0.475 e. The number of alkyl halides is 3. The molecular weight excluding hydrogens is 545 g/mol. The molecular formula is C28H31F3N4O4S. The summed E-state index contributed by atoms with van der Waals surface area (Å²) in [6.45, 7) is 8.06. The summed E-state index contributed by atoms with van der Waals surface area (Å²) in [4.78, 5) is 22.3. The molecule has 1 atom stereocenters. The van der Waals surface area contributed by atoms with Crippen LogP contribution in [-0.2, 0) is 10.0 Å². The number of rotatable bonds is 3. The predicted octanol–water partition coefficient (Wildman–Crippen LogP) is 5.76. The smallest absolute Gasteiger partial charge is 0.412 e. The second-order valence-corrected chi connectivity index (χ2v) is 12.7. The molecule has 2 aromatic carbocycles. The number of nitrogens with one attached hydrogen (secondary N) is 1. The number of carbonyl (C=O) groups excluding carboxylic acids is 1. The van der Waals surface area contributed by atoms with Gasteiger partial charge in [0.05, 0.1) is 10.6 Å². The van der Waals surface area contributed by atoms with Crippen LogP contribution in [0.5, 0.6) is 5.88 Å². The molecule has 4 rings (SSSR count). The van der Waals surface area contributed by atoms with Crippen LogP contribution < -0.4 is 9.46 Å². The Morgan fingerprint density at radius 2 is 1.68 bits per heavy atom. The highest BCUT2D eigenvalue weighted by Gasteiger charge is 2.46. The maximum atomic E-state index is 14.5. The lowest BCUT2D eigenvalue weighted by Crippen LogP contribution is -2.53. The van der Waals surface area contributed by atoms with Crippen LogP contribution in [0.3, 0.4) is 0 Å². The summed E-state index contributed by atoms with van der Waals surface area (Å²) in [6.07, 6.45) is -4.58. The van der Waals surface area contributed by atoms with Crippen LogP contribution in [0.15, 0.2) is 53.4 Å². The first-order chi connectivity index (χ1) is 18.5. The zero-order chi connectivity index (χ0) is 29.5. The number of nitrogens with zero attached hydrogens (tertiary/aromatic N) is 3. The average molecular weight is 577 g/mol. The molecule has 0 fully saturated rings. The minimum absolute atomic E-state index is 0.200. The van der Waals surface area contributed by atoms with Crippen LogP contribution in [0, 0.1) is 19.3 Å². The van der Waals surface area contributed by atoms with Crippen molar-refractivity contribution >= 4 is 21.9 Å². The SMILES string of the molecule is Cc1cccc(C)c1-c1cc2nc(n1)NS(=O)(=O)c1cccc(c1)C(=O)N(CCC(C)(C)C)C(C(F)(F)F)CO2. The molecule has 3 aromatic rings. The summed E-state index contributed by atoms with van der Waals surface area (Å²) in [6, 6.07) is 9.44. The van der Waals surface area contributed by atoms with Crippen molar-refractivity contribution in [3.05, 3.63) is 65.2 Å². The van der Waals surface area contributed by atoms with E-state index in [9.17, 15) is 26.4 Å². The molecule has 0 saturated heterocycles. The molecule has 0 radical (unpaired) electrons. The van der Waals surface area contributed by atoms with Gasteiger partial charge >= 0.3 is 6.18 Å². The van der Waals surface area contributed by atoms with Crippen molar-refractivity contribution in [1.29, 1.82) is 0 Å². The normalized spacial score (nSPS) is 17.6. The van der Waals surface area contributed by atoms with E-state index in [1.54, 1.807) is 0 Å². The van der Waals surface area contributed by atoms with E-state index in [2.05, 4.69) is 14.7 Å². The molecule has 1 aromatic heterocycles. The van der Waals surface area contributed by atoms with Gasteiger partial charge in [0.25, 0.3) is 15.9 Å². The van der Waals surface area contributed by atoms with Gasteiger partial charge in [0.2, 0.25) is 11.8 Å². The van der Waals surface area contributed by atoms with Gasteiger partial charge in [-0.15, -0.1) is 0 Å². The molecule has 0 aliphatic carbocycles. The number of sulfonamides is 1. The highest BCUT2D eigenvalue weighted by atomic mass is 32.2. The number of aromatic nitrogens is 2. The zero-order valence-corrected chi connectivity index (χ0v) is 23.7. The fourth-order valence-electron chi connectivity index (χ4n) is 4.41. The maximum Gasteiger partial charge on any atom is 0.412 e. The number of hydrogen-bond acceptors (Lipinski definition) is 6. The van der Waals surface area contributed by atoms with Crippen LogP contribution in [0.1, 0.15) is 48.7 Å². The Morgan fingerprint density at radius 3 is 2.30 bits per heavy atom. The molecule has 1 aliphatic heterocycles. The minimum atomic E-state index is -4.85. The van der Waals surface area contributed by atoms with Crippen molar-refractivity contribution < 1.29 is 31.1 Å². The first kappa shape index (κ1) is 29.3. The number of halogens is 3. The van der Waals surface area contributed by atoms with E-state index < -0.39 is 34.8 Å². The summed E-state index contributed by atoms with van der Waals surface area (Å²) in [5.74, 6) is -1.60. The first-order valence-electron chi connectivity index (χ1n) is 12.6. The second kappa shape index (κ2) is 10.7. The predicted molar refractivity (Wildman–Crippen MR) is 145 cm³/mol. The number of benzene rings is 2. The lowest BCUT2D eigenvalue weighted by molar-refractivity contribution is -0.184. The standard InChI is InChI=1S/C28H31F3N4O4S/c1-17-8-6-9-18(2)24(17)21-15-23-33-26(32-21)34-40(37,38)20-11-7-10-19(14-20)25(36)35(13-12-27(3,4)5)22(16-39-23)28(29,30)31/h6-11,14-15,22H,12-13,16H2,1-5H3,(H,32,33,34). The number of anilines is 1. The van der Waals surface area contributed by atoms with E-state index in [4.69, 9.17) is 4.74 Å². The van der Waals surface area contributed by atoms with Gasteiger partial charge in [0, 0.05) is 23.7 Å². The Bertz CT molecular complexity index is 1510. The Kier molecular flexibility index (Phi) is 7.85. The van der Waals surface area contributed by atoms with E-state index >= 15 is 0 Å². The van der Waals surface area contributed by atoms with E-state index in [1.807, 2.05) is 52.8 Å². The lowest BCUT2D eigenvalue weighted by Gasteiger charge is -2.35. The molecule has 4 bridgehead atoms. The van der Waals surface area contributed by atoms with Crippen LogP contribution in [0.2, 0.25) is 0 Å². The Hall–Kier alpha value is -3.67. The molecule has 1 aliphatic rings. The highest BCUT2D eigenvalue weighted by Crippen LogP contribution is 2.32. The third-order valence-corrected chi connectivity index (χ3v) is 7.89. The van der Waals surface area contributed by atoms with Crippen molar-refractivity contribution in [1.82, 2.24) is 14.9 Å². The second-order valence-electron chi connectivity index (χ2n) is 11.0. The molecule has 1 unspecified atom stereocenters. The molecule has 40 heavy (non-hydrogen) atoms. The first-order valence-corrected chi connectivity index (χ1v) is 14.1. The van der Waals surface area contributed by atoms with Gasteiger partial charge in [-0.2, -0.15) is 18.2 Å². The maximum absolute atomic E-state index is 14.5. The summed E-state index contributed by atoms with van der Waals surface area (Å²) in [5, 5.41) is 0. The molecule has 8 nitrogen and oxygen atoms in total. The third-order valence-electron chi connectivity index (χ3n) is 6.56. The van der Waals surface area contributed by atoms with Gasteiger partial charge in [0.15, 0.2) is 6.04 Å². The molecule has 1 N–H and O–H groups in total. The van der Waals surface area contributed by atoms with Crippen molar-refractivity contribution in [2.45, 2.75) is 58.2 Å². The van der Waals surface area contributed by atoms with Crippen LogP contribution in [0.4, 0.5) is 19.1 Å². The quantitative estimate of drug-likeness (QED) is 0.425. The van der Waals surface area contributed by atoms with E-state index in [1.165, 1.54) is 24.3 Å². The number of carbonyl (C=O) groups is 1. The van der Waals surface area contributed by atoms with Crippen molar-refractivity contribution in [3.63, 3.8) is 0 Å². The molecule has 0 saturated carbocycles. The number of amides is 1. The fraction of sp³-hybridized carbons (Fsp3) is 0.393. The Balaban J connectivity index is 1.91. The van der Waals surface area contributed by atoms with Gasteiger partial charge in [0.1, 0.15) is 6.61 Å². The molecule has 0 spiro atoms. The van der Waals surface area contributed by atoms with E-state index in [0.29, 0.717) is 10.5 Å². The lowest BCUT2D eigenvalue weighted by atomic mass is 9.91. The van der Waals surface area contributed by atoms with Crippen LogP contribution >= 0.6 is 0 Å². The zero-order valence-electron chi connectivity index (χ0n) is 22.8. The third kappa shape index (κ3) is 6.55. The van der Waals surface area contributed by atoms with Crippen LogP contribution in [0.25, 0.3) is 11.3 Å². The summed E-state index contributed by atoms with van der Waals surface area (Å²) in [5.41, 5.74) is 1.98. The molecule has 2 heterocycles. The molecule has 214 valence electrons. The van der Waals surface area contributed by atoms with Crippen LogP contribution in [-0.4, -0.2) is 54.6 Å². The monoisotopic (exact) mass is 576 g/mol. The number of ether oxygens (including phenoxy) is 1. The average Bonchev–Trinajstić information content (AvgIpc) is 2.83. The fourth-order valence-corrected chi connectivity index (χ4v) is 5.40. The number of fused-ring (bicyclic) bond motifs is 4. The van der Waals surface area contributed by atoms with Gasteiger partial charge < -0.3 is 9.64 Å². The van der Waals surface area contributed by atoms with Crippen molar-refractivity contribution in [2.75, 3.05) is 17.9 Å². The van der Waals surface area contributed by atoms with E-state index in [0.717, 1.165) is 17.2 Å². The van der Waals surface area contributed by atoms with Crippen molar-refractivity contribution in [3.8, 4) is 17.1 Å². The number of aryl methyl sites for hydroxylation is 2. The van der Waals surface area contributed by atoms with Gasteiger partial charge in [-0.3, -0.25) is 4.79 Å². The summed E-state index contributed by atoms with van der Waals surface area (Å²) in [7, 11) is -4.32. The van der Waals surface area contributed by atoms with Gasteiger partial charge in [-0.25, -0.2) is 18.1 Å². The number of hydrogen-bond donors (Lipinski definition) is 1. The topological polar surface area (TPSA) is 101 Å².